The number of nitrogens with zero attached hydrogens (tertiary/aromatic N) is 2. The highest BCUT2D eigenvalue weighted by Crippen LogP contribution is 2.33. The summed E-state index contributed by atoms with van der Waals surface area (Å²) in [6, 6.07) is 15.8. The number of carbonyl (C=O) groups is 1. The second-order valence-electron chi connectivity index (χ2n) is 7.45. The smallest absolute Gasteiger partial charge is 0.262 e. The minimum atomic E-state index is -0.149. The highest BCUT2D eigenvalue weighted by Gasteiger charge is 2.18. The Hall–Kier alpha value is -3.58. The molecular formula is C24H21N3O3S. The summed E-state index contributed by atoms with van der Waals surface area (Å²) < 4.78 is 13.3. The lowest BCUT2D eigenvalue weighted by Crippen LogP contribution is -2.25. The van der Waals surface area contributed by atoms with E-state index in [4.69, 9.17) is 14.1 Å². The topological polar surface area (TPSA) is 68.8 Å². The molecule has 2 aromatic heterocycles. The number of rotatable bonds is 4. The van der Waals surface area contributed by atoms with E-state index in [-0.39, 0.29) is 12.5 Å². The molecule has 1 aliphatic rings. The van der Waals surface area contributed by atoms with Gasteiger partial charge in [0.1, 0.15) is 11.5 Å². The van der Waals surface area contributed by atoms with Crippen LogP contribution in [0.4, 0.5) is 11.4 Å². The first kappa shape index (κ1) is 19.4. The van der Waals surface area contributed by atoms with E-state index in [1.165, 1.54) is 5.56 Å². The third kappa shape index (κ3) is 3.80. The zero-order valence-electron chi connectivity index (χ0n) is 17.2. The normalized spacial score (nSPS) is 13.6. The Balaban J connectivity index is 1.65. The Morgan fingerprint density at radius 2 is 2.06 bits per heavy atom. The number of aryl methyl sites for hydroxylation is 1. The fraction of sp³-hybridized carbons (Fsp3) is 0.167. The molecule has 0 unspecified atom stereocenters. The Bertz CT molecular complexity index is 1330. The number of aromatic nitrogens is 1. The molecule has 0 spiro atoms. The van der Waals surface area contributed by atoms with Crippen molar-refractivity contribution in [3.05, 3.63) is 81.9 Å². The van der Waals surface area contributed by atoms with Crippen molar-refractivity contribution in [3.8, 4) is 17.0 Å². The third-order valence-corrected chi connectivity index (χ3v) is 6.26. The first-order chi connectivity index (χ1) is 15.1. The van der Waals surface area contributed by atoms with Crippen LogP contribution in [0.25, 0.3) is 11.3 Å². The average Bonchev–Trinajstić information content (AvgIpc) is 3.42. The molecule has 3 heterocycles. The van der Waals surface area contributed by atoms with Crippen LogP contribution in [0.2, 0.25) is 0 Å². The van der Waals surface area contributed by atoms with Gasteiger partial charge in [-0.15, -0.1) is 11.3 Å². The number of fused-ring (bicyclic) bond motifs is 1. The van der Waals surface area contributed by atoms with Crippen LogP contribution >= 0.6 is 11.3 Å². The number of thiazole rings is 1. The molecule has 5 rings (SSSR count). The lowest BCUT2D eigenvalue weighted by Gasteiger charge is -2.18. The predicted octanol–water partition coefficient (Wildman–Crippen LogP) is 5.04. The van der Waals surface area contributed by atoms with Crippen molar-refractivity contribution >= 4 is 28.6 Å². The molecule has 7 heteroatoms. The molecule has 0 radical (unpaired) electrons. The van der Waals surface area contributed by atoms with Gasteiger partial charge in [-0.05, 0) is 61.4 Å². The molecule has 2 aromatic carbocycles. The largest absolute Gasteiger partial charge is 0.482 e. The minimum Gasteiger partial charge on any atom is -0.482 e. The number of furan rings is 1. The first-order valence-corrected chi connectivity index (χ1v) is 10.9. The Kier molecular flexibility index (Phi) is 4.95. The summed E-state index contributed by atoms with van der Waals surface area (Å²) >= 11 is 1.58. The van der Waals surface area contributed by atoms with Gasteiger partial charge in [0.05, 0.1) is 29.9 Å². The van der Waals surface area contributed by atoms with Gasteiger partial charge in [0.15, 0.2) is 11.4 Å². The number of nitrogens with one attached hydrogen (secondary N) is 1. The zero-order chi connectivity index (χ0) is 21.4. The van der Waals surface area contributed by atoms with Gasteiger partial charge in [0.25, 0.3) is 5.91 Å². The molecule has 6 nitrogen and oxygen atoms in total. The second kappa shape index (κ2) is 7.92. The summed E-state index contributed by atoms with van der Waals surface area (Å²) in [5.41, 5.74) is 5.96. The predicted molar refractivity (Wildman–Crippen MR) is 121 cm³/mol. The minimum absolute atomic E-state index is 0.0438. The highest BCUT2D eigenvalue weighted by atomic mass is 32.1. The van der Waals surface area contributed by atoms with Crippen molar-refractivity contribution in [2.24, 2.45) is 4.99 Å². The molecule has 0 saturated carbocycles. The SMILES string of the molecule is Cc1cccc(N=c2scc(-c3ccc4c(c3)NC(=O)CO4)n2Cc2ccco2)c1C. The molecular weight excluding hydrogens is 410 g/mol. The summed E-state index contributed by atoms with van der Waals surface area (Å²) in [7, 11) is 0. The van der Waals surface area contributed by atoms with Gasteiger partial charge in [-0.3, -0.25) is 4.79 Å². The number of anilines is 1. The van der Waals surface area contributed by atoms with Gasteiger partial charge in [0.2, 0.25) is 0 Å². The maximum atomic E-state index is 11.8. The van der Waals surface area contributed by atoms with E-state index in [2.05, 4.69) is 35.2 Å². The van der Waals surface area contributed by atoms with E-state index in [1.54, 1.807) is 17.6 Å². The summed E-state index contributed by atoms with van der Waals surface area (Å²) in [4.78, 5) is 17.6. The molecule has 0 saturated heterocycles. The van der Waals surface area contributed by atoms with Crippen molar-refractivity contribution in [2.75, 3.05) is 11.9 Å². The van der Waals surface area contributed by atoms with Crippen LogP contribution in [0.1, 0.15) is 16.9 Å². The van der Waals surface area contributed by atoms with Gasteiger partial charge < -0.3 is 19.0 Å². The summed E-state index contributed by atoms with van der Waals surface area (Å²) in [6.07, 6.45) is 1.68. The van der Waals surface area contributed by atoms with Crippen molar-refractivity contribution < 1.29 is 13.9 Å². The average molecular weight is 432 g/mol. The number of hydrogen-bond acceptors (Lipinski definition) is 5. The molecule has 0 aliphatic carbocycles. The monoisotopic (exact) mass is 431 g/mol. The summed E-state index contributed by atoms with van der Waals surface area (Å²) in [5, 5.41) is 4.97. The van der Waals surface area contributed by atoms with E-state index in [0.29, 0.717) is 18.0 Å². The van der Waals surface area contributed by atoms with Crippen molar-refractivity contribution in [3.63, 3.8) is 0 Å². The van der Waals surface area contributed by atoms with E-state index in [0.717, 1.165) is 33.1 Å². The van der Waals surface area contributed by atoms with Gasteiger partial charge in [-0.2, -0.15) is 0 Å². The molecule has 0 atom stereocenters. The van der Waals surface area contributed by atoms with Crippen molar-refractivity contribution in [1.29, 1.82) is 0 Å². The van der Waals surface area contributed by atoms with Crippen LogP contribution in [0.15, 0.2) is 69.6 Å². The molecule has 4 aromatic rings. The second-order valence-corrected chi connectivity index (χ2v) is 8.28. The van der Waals surface area contributed by atoms with Crippen molar-refractivity contribution in [2.45, 2.75) is 20.4 Å². The Morgan fingerprint density at radius 3 is 2.90 bits per heavy atom. The maximum absolute atomic E-state index is 11.8. The molecule has 0 bridgehead atoms. The summed E-state index contributed by atoms with van der Waals surface area (Å²) in [6.45, 7) is 4.78. The molecule has 31 heavy (non-hydrogen) atoms. The van der Waals surface area contributed by atoms with Gasteiger partial charge in [-0.25, -0.2) is 4.99 Å². The Morgan fingerprint density at radius 1 is 1.16 bits per heavy atom. The first-order valence-electron chi connectivity index (χ1n) is 9.97. The van der Waals surface area contributed by atoms with Gasteiger partial charge in [-0.1, -0.05) is 12.1 Å². The van der Waals surface area contributed by atoms with Crippen LogP contribution in [-0.2, 0) is 11.3 Å². The molecule has 1 aliphatic heterocycles. The Labute approximate surface area is 183 Å². The number of amides is 1. The third-order valence-electron chi connectivity index (χ3n) is 5.39. The number of ether oxygens (including phenoxy) is 1. The zero-order valence-corrected chi connectivity index (χ0v) is 18.0. The van der Waals surface area contributed by atoms with Crippen LogP contribution in [0, 0.1) is 13.8 Å². The molecule has 1 N–H and O–H groups in total. The number of benzene rings is 2. The van der Waals surface area contributed by atoms with Gasteiger partial charge in [0, 0.05) is 10.9 Å². The van der Waals surface area contributed by atoms with Crippen LogP contribution in [0.3, 0.4) is 0 Å². The van der Waals surface area contributed by atoms with Crippen LogP contribution < -0.4 is 14.9 Å². The van der Waals surface area contributed by atoms with E-state index in [1.807, 2.05) is 42.5 Å². The fourth-order valence-electron chi connectivity index (χ4n) is 3.56. The standard InChI is InChI=1S/C24H21N3O3S/c1-15-5-3-7-19(16(15)2)26-24-27(12-18-6-4-10-29-18)21(14-31-24)17-8-9-22-20(11-17)25-23(28)13-30-22/h3-11,14H,12-13H2,1-2H3,(H,25,28). The highest BCUT2D eigenvalue weighted by molar-refractivity contribution is 7.07. The summed E-state index contributed by atoms with van der Waals surface area (Å²) in [5.74, 6) is 1.37. The van der Waals surface area contributed by atoms with Crippen molar-refractivity contribution in [1.82, 2.24) is 4.57 Å². The number of carbonyl (C=O) groups excluding carboxylic acids is 1. The molecule has 156 valence electrons. The van der Waals surface area contributed by atoms with Gasteiger partial charge >= 0.3 is 0 Å². The van der Waals surface area contributed by atoms with E-state index in [9.17, 15) is 4.79 Å². The maximum Gasteiger partial charge on any atom is 0.262 e. The van der Waals surface area contributed by atoms with Crippen LogP contribution in [-0.4, -0.2) is 17.1 Å². The lowest BCUT2D eigenvalue weighted by atomic mass is 10.1. The molecule has 1 amide bonds. The van der Waals surface area contributed by atoms with Crippen LogP contribution in [0.5, 0.6) is 5.75 Å². The quantitative estimate of drug-likeness (QED) is 0.492. The lowest BCUT2D eigenvalue weighted by molar-refractivity contribution is -0.118. The van der Waals surface area contributed by atoms with E-state index < -0.39 is 0 Å². The number of hydrogen-bond donors (Lipinski definition) is 1. The fourth-order valence-corrected chi connectivity index (χ4v) is 4.48. The van der Waals surface area contributed by atoms with E-state index >= 15 is 0 Å². The molecule has 0 fully saturated rings.